The Labute approximate surface area is 178 Å². The van der Waals surface area contributed by atoms with E-state index >= 15 is 0 Å². The number of hydrogen-bond acceptors (Lipinski definition) is 5. The molecule has 0 aliphatic rings. The van der Waals surface area contributed by atoms with Crippen molar-refractivity contribution in [1.29, 1.82) is 0 Å². The Kier molecular flexibility index (Phi) is 7.82. The van der Waals surface area contributed by atoms with E-state index in [4.69, 9.17) is 4.98 Å². The van der Waals surface area contributed by atoms with Crippen molar-refractivity contribution in [2.45, 2.75) is 57.9 Å². The molecule has 8 heteroatoms. The maximum Gasteiger partial charge on any atom is 0.191 e. The first kappa shape index (κ1) is 23.3. The number of hydrogen-bond donors (Lipinski definition) is 2. The summed E-state index contributed by atoms with van der Waals surface area (Å²) in [5, 5.41) is 9.84. The standard InChI is InChI=1S/C21H32N4O2S2/c1-7-22-20(23-11-10-19-25-18(14-28-19)21(3,4)5)24-13-16-8-9-17(15(2)12-16)29(6,26)27/h8-9,12,14H,7,10-11,13H2,1-6H3,(H2,22,23,24). The van der Waals surface area contributed by atoms with Crippen LogP contribution < -0.4 is 10.6 Å². The Balaban J connectivity index is 1.97. The van der Waals surface area contributed by atoms with Gasteiger partial charge in [-0.05, 0) is 31.0 Å². The molecule has 0 aliphatic carbocycles. The van der Waals surface area contributed by atoms with E-state index in [-0.39, 0.29) is 5.41 Å². The van der Waals surface area contributed by atoms with Gasteiger partial charge in [0.05, 0.1) is 22.1 Å². The summed E-state index contributed by atoms with van der Waals surface area (Å²) >= 11 is 1.70. The van der Waals surface area contributed by atoms with E-state index in [1.54, 1.807) is 17.4 Å². The van der Waals surface area contributed by atoms with Gasteiger partial charge in [-0.15, -0.1) is 11.3 Å². The number of benzene rings is 1. The van der Waals surface area contributed by atoms with Gasteiger partial charge in [-0.2, -0.15) is 0 Å². The van der Waals surface area contributed by atoms with Gasteiger partial charge in [0.1, 0.15) is 0 Å². The van der Waals surface area contributed by atoms with Crippen LogP contribution in [0.25, 0.3) is 0 Å². The maximum atomic E-state index is 11.8. The quantitative estimate of drug-likeness (QED) is 0.513. The van der Waals surface area contributed by atoms with Gasteiger partial charge in [0, 0.05) is 36.6 Å². The smallest absolute Gasteiger partial charge is 0.191 e. The summed E-state index contributed by atoms with van der Waals surface area (Å²) < 4.78 is 23.5. The molecule has 29 heavy (non-hydrogen) atoms. The van der Waals surface area contributed by atoms with Gasteiger partial charge >= 0.3 is 0 Å². The van der Waals surface area contributed by atoms with Crippen molar-refractivity contribution in [3.63, 3.8) is 0 Å². The monoisotopic (exact) mass is 436 g/mol. The van der Waals surface area contributed by atoms with E-state index in [1.165, 1.54) is 6.26 Å². The minimum atomic E-state index is -3.20. The topological polar surface area (TPSA) is 83.5 Å². The molecule has 0 saturated carbocycles. The molecule has 0 unspecified atom stereocenters. The van der Waals surface area contributed by atoms with E-state index in [9.17, 15) is 8.42 Å². The van der Waals surface area contributed by atoms with Gasteiger partial charge in [-0.3, -0.25) is 0 Å². The zero-order chi connectivity index (χ0) is 21.7. The van der Waals surface area contributed by atoms with Crippen molar-refractivity contribution in [1.82, 2.24) is 15.6 Å². The maximum absolute atomic E-state index is 11.8. The third-order valence-electron chi connectivity index (χ3n) is 4.35. The number of nitrogens with zero attached hydrogens (tertiary/aromatic N) is 2. The van der Waals surface area contributed by atoms with Crippen LogP contribution in [0.3, 0.4) is 0 Å². The van der Waals surface area contributed by atoms with E-state index in [1.807, 2.05) is 26.0 Å². The molecule has 0 radical (unpaired) electrons. The van der Waals surface area contributed by atoms with E-state index in [2.05, 4.69) is 41.8 Å². The van der Waals surface area contributed by atoms with Crippen LogP contribution in [0.5, 0.6) is 0 Å². The minimum absolute atomic E-state index is 0.0728. The predicted molar refractivity (Wildman–Crippen MR) is 122 cm³/mol. The van der Waals surface area contributed by atoms with E-state index in [0.29, 0.717) is 11.4 Å². The van der Waals surface area contributed by atoms with Crippen LogP contribution in [0.4, 0.5) is 0 Å². The van der Waals surface area contributed by atoms with Crippen LogP contribution in [0, 0.1) is 6.92 Å². The Morgan fingerprint density at radius 3 is 2.52 bits per heavy atom. The molecule has 2 rings (SSSR count). The Morgan fingerprint density at radius 2 is 1.97 bits per heavy atom. The van der Waals surface area contributed by atoms with Crippen LogP contribution in [0.15, 0.2) is 33.5 Å². The van der Waals surface area contributed by atoms with Crippen molar-refractivity contribution in [3.8, 4) is 0 Å². The molecule has 1 aromatic carbocycles. The number of aryl methyl sites for hydroxylation is 1. The highest BCUT2D eigenvalue weighted by Crippen LogP contribution is 2.24. The number of rotatable bonds is 7. The Bertz CT molecular complexity index is 957. The number of nitrogens with one attached hydrogen (secondary N) is 2. The van der Waals surface area contributed by atoms with Gasteiger partial charge in [-0.25, -0.2) is 18.4 Å². The van der Waals surface area contributed by atoms with E-state index < -0.39 is 9.84 Å². The number of thiazole rings is 1. The summed E-state index contributed by atoms with van der Waals surface area (Å²) in [6.45, 7) is 12.3. The first-order chi connectivity index (χ1) is 13.5. The van der Waals surface area contributed by atoms with Gasteiger partial charge in [0.15, 0.2) is 15.8 Å². The predicted octanol–water partition coefficient (Wildman–Crippen LogP) is 3.45. The lowest BCUT2D eigenvalue weighted by Gasteiger charge is -2.14. The SMILES string of the molecule is CCNC(=NCc1ccc(S(C)(=O)=O)c(C)c1)NCCc1nc(C(C)(C)C)cs1. The van der Waals surface area contributed by atoms with Gasteiger partial charge < -0.3 is 10.6 Å². The van der Waals surface area contributed by atoms with Crippen molar-refractivity contribution in [2.75, 3.05) is 19.3 Å². The van der Waals surface area contributed by atoms with Gasteiger partial charge in [0.2, 0.25) is 0 Å². The first-order valence-corrected chi connectivity index (χ1v) is 12.5. The Hall–Kier alpha value is -1.93. The number of guanidine groups is 1. The lowest BCUT2D eigenvalue weighted by atomic mass is 9.93. The Morgan fingerprint density at radius 1 is 1.24 bits per heavy atom. The van der Waals surface area contributed by atoms with Crippen molar-refractivity contribution in [3.05, 3.63) is 45.4 Å². The molecule has 1 aromatic heterocycles. The lowest BCUT2D eigenvalue weighted by Crippen LogP contribution is -2.38. The summed E-state index contributed by atoms with van der Waals surface area (Å²) in [6.07, 6.45) is 2.07. The van der Waals surface area contributed by atoms with Crippen LogP contribution in [-0.2, 0) is 28.2 Å². The molecular formula is C21H32N4O2S2. The lowest BCUT2D eigenvalue weighted by molar-refractivity contribution is 0.570. The van der Waals surface area contributed by atoms with Crippen molar-refractivity contribution >= 4 is 27.1 Å². The zero-order valence-corrected chi connectivity index (χ0v) is 19.8. The summed E-state index contributed by atoms with van der Waals surface area (Å²) in [6, 6.07) is 5.36. The fraction of sp³-hybridized carbons (Fsp3) is 0.524. The zero-order valence-electron chi connectivity index (χ0n) is 18.2. The molecule has 0 fully saturated rings. The molecule has 2 aromatic rings. The largest absolute Gasteiger partial charge is 0.357 e. The second kappa shape index (κ2) is 9.71. The highest BCUT2D eigenvalue weighted by molar-refractivity contribution is 7.90. The van der Waals surface area contributed by atoms with Gasteiger partial charge in [-0.1, -0.05) is 32.9 Å². The molecular weight excluding hydrogens is 404 g/mol. The van der Waals surface area contributed by atoms with Crippen LogP contribution in [-0.4, -0.2) is 38.7 Å². The number of aliphatic imine (C=N–C) groups is 1. The van der Waals surface area contributed by atoms with Crippen LogP contribution in [0.2, 0.25) is 0 Å². The number of sulfone groups is 1. The van der Waals surface area contributed by atoms with Gasteiger partial charge in [0.25, 0.3) is 0 Å². The number of aromatic nitrogens is 1. The third kappa shape index (κ3) is 7.12. The molecule has 0 bridgehead atoms. The normalized spacial score (nSPS) is 12.8. The fourth-order valence-corrected chi connectivity index (χ4v) is 4.78. The average molecular weight is 437 g/mol. The second-order valence-corrected chi connectivity index (χ2v) is 11.0. The molecule has 2 N–H and O–H groups in total. The highest BCUT2D eigenvalue weighted by atomic mass is 32.2. The van der Waals surface area contributed by atoms with Crippen LogP contribution >= 0.6 is 11.3 Å². The van der Waals surface area contributed by atoms with E-state index in [0.717, 1.165) is 47.3 Å². The summed E-state index contributed by atoms with van der Waals surface area (Å²) in [4.78, 5) is 9.71. The molecule has 0 spiro atoms. The summed E-state index contributed by atoms with van der Waals surface area (Å²) in [5.74, 6) is 0.741. The fourth-order valence-electron chi connectivity index (χ4n) is 2.80. The summed E-state index contributed by atoms with van der Waals surface area (Å²) in [7, 11) is -3.20. The third-order valence-corrected chi connectivity index (χ3v) is 6.52. The summed E-state index contributed by atoms with van der Waals surface area (Å²) in [5.41, 5.74) is 2.92. The molecule has 6 nitrogen and oxygen atoms in total. The highest BCUT2D eigenvalue weighted by Gasteiger charge is 2.17. The molecule has 1 heterocycles. The van der Waals surface area contributed by atoms with Crippen molar-refractivity contribution < 1.29 is 8.42 Å². The molecule has 0 aliphatic heterocycles. The molecule has 0 atom stereocenters. The molecule has 160 valence electrons. The van der Waals surface area contributed by atoms with Crippen LogP contribution in [0.1, 0.15) is 49.5 Å². The second-order valence-electron chi connectivity index (χ2n) is 8.12. The average Bonchev–Trinajstić information content (AvgIpc) is 3.08. The van der Waals surface area contributed by atoms with Crippen molar-refractivity contribution in [2.24, 2.45) is 4.99 Å². The molecule has 0 saturated heterocycles. The molecule has 0 amide bonds. The first-order valence-electron chi connectivity index (χ1n) is 9.77. The minimum Gasteiger partial charge on any atom is -0.357 e.